The molecule has 1 aliphatic heterocycles. The first-order chi connectivity index (χ1) is 8.79. The minimum absolute atomic E-state index is 0.942. The highest BCUT2D eigenvalue weighted by molar-refractivity contribution is 5.58. The maximum absolute atomic E-state index is 5.37. The molecule has 0 amide bonds. The van der Waals surface area contributed by atoms with E-state index in [-0.39, 0.29) is 0 Å². The molecule has 18 heavy (non-hydrogen) atoms. The summed E-state index contributed by atoms with van der Waals surface area (Å²) in [6.45, 7) is 7.58. The molecule has 3 heteroatoms. The van der Waals surface area contributed by atoms with Crippen LogP contribution in [0.3, 0.4) is 0 Å². The zero-order valence-electron chi connectivity index (χ0n) is 11.3. The van der Waals surface area contributed by atoms with Gasteiger partial charge < -0.3 is 10.1 Å². The van der Waals surface area contributed by atoms with E-state index in [1.54, 1.807) is 7.11 Å². The van der Waals surface area contributed by atoms with Crippen LogP contribution in [0.5, 0.6) is 5.75 Å². The highest BCUT2D eigenvalue weighted by Gasteiger charge is 2.06. The number of hydrogen-bond donors (Lipinski definition) is 1. The normalized spacial score (nSPS) is 17.2. The first-order valence-corrected chi connectivity index (χ1v) is 6.54. The summed E-state index contributed by atoms with van der Waals surface area (Å²) < 4.78 is 5.37. The SMILES string of the molecule is COc1ccc(C)cc1/C=C/CN1CCNCC1. The van der Waals surface area contributed by atoms with Gasteiger partial charge in [0.1, 0.15) is 5.75 Å². The van der Waals surface area contributed by atoms with E-state index in [0.717, 1.165) is 44.0 Å². The van der Waals surface area contributed by atoms with E-state index in [4.69, 9.17) is 4.74 Å². The molecule has 0 aliphatic carbocycles. The van der Waals surface area contributed by atoms with Gasteiger partial charge >= 0.3 is 0 Å². The average molecular weight is 246 g/mol. The van der Waals surface area contributed by atoms with Crippen molar-refractivity contribution in [3.8, 4) is 5.75 Å². The summed E-state index contributed by atoms with van der Waals surface area (Å²) in [5.74, 6) is 0.942. The summed E-state index contributed by atoms with van der Waals surface area (Å²) in [6.07, 6.45) is 4.39. The first-order valence-electron chi connectivity index (χ1n) is 6.54. The Bertz CT molecular complexity index is 409. The molecule has 1 N–H and O–H groups in total. The summed E-state index contributed by atoms with van der Waals surface area (Å²) in [4.78, 5) is 2.45. The fourth-order valence-electron chi connectivity index (χ4n) is 2.21. The van der Waals surface area contributed by atoms with Crippen LogP contribution in [-0.4, -0.2) is 44.7 Å². The maximum atomic E-state index is 5.37. The smallest absolute Gasteiger partial charge is 0.126 e. The van der Waals surface area contributed by atoms with E-state index >= 15 is 0 Å². The lowest BCUT2D eigenvalue weighted by atomic mass is 10.1. The second-order valence-corrected chi connectivity index (χ2v) is 4.70. The number of nitrogens with one attached hydrogen (secondary N) is 1. The van der Waals surface area contributed by atoms with Crippen molar-refractivity contribution < 1.29 is 4.74 Å². The van der Waals surface area contributed by atoms with Gasteiger partial charge in [-0.25, -0.2) is 0 Å². The molecule has 2 rings (SSSR count). The Morgan fingerprint density at radius 2 is 2.11 bits per heavy atom. The number of benzene rings is 1. The average Bonchev–Trinajstić information content (AvgIpc) is 2.40. The fraction of sp³-hybridized carbons (Fsp3) is 0.467. The van der Waals surface area contributed by atoms with Gasteiger partial charge in [-0.05, 0) is 19.1 Å². The molecule has 3 nitrogen and oxygen atoms in total. The number of aryl methyl sites for hydroxylation is 1. The van der Waals surface area contributed by atoms with Gasteiger partial charge in [-0.1, -0.05) is 23.8 Å². The number of methoxy groups -OCH3 is 1. The Kier molecular flexibility index (Phi) is 4.79. The van der Waals surface area contributed by atoms with Crippen LogP contribution in [0.2, 0.25) is 0 Å². The number of ether oxygens (including phenoxy) is 1. The highest BCUT2D eigenvalue weighted by atomic mass is 16.5. The zero-order chi connectivity index (χ0) is 12.8. The third-order valence-electron chi connectivity index (χ3n) is 3.26. The molecule has 1 aliphatic rings. The van der Waals surface area contributed by atoms with Crippen LogP contribution in [0.1, 0.15) is 11.1 Å². The van der Waals surface area contributed by atoms with Crippen LogP contribution < -0.4 is 10.1 Å². The van der Waals surface area contributed by atoms with Gasteiger partial charge in [0.2, 0.25) is 0 Å². The van der Waals surface area contributed by atoms with Crippen LogP contribution >= 0.6 is 0 Å². The van der Waals surface area contributed by atoms with Gasteiger partial charge in [0.25, 0.3) is 0 Å². The second kappa shape index (κ2) is 6.57. The molecule has 1 fully saturated rings. The van der Waals surface area contributed by atoms with Crippen molar-refractivity contribution in [1.82, 2.24) is 10.2 Å². The monoisotopic (exact) mass is 246 g/mol. The molecule has 1 heterocycles. The molecule has 0 atom stereocenters. The molecule has 98 valence electrons. The summed E-state index contributed by atoms with van der Waals surface area (Å²) in [7, 11) is 1.72. The molecular weight excluding hydrogens is 224 g/mol. The summed E-state index contributed by atoms with van der Waals surface area (Å²) in [5.41, 5.74) is 2.42. The standard InChI is InChI=1S/C15H22N2O/c1-13-5-6-15(18-2)14(12-13)4-3-9-17-10-7-16-8-11-17/h3-6,12,16H,7-11H2,1-2H3/b4-3+. The Hall–Kier alpha value is -1.32. The molecule has 1 aromatic rings. The Morgan fingerprint density at radius 3 is 2.83 bits per heavy atom. The van der Waals surface area contributed by atoms with E-state index in [1.165, 1.54) is 5.56 Å². The number of rotatable bonds is 4. The molecule has 0 aromatic heterocycles. The third-order valence-corrected chi connectivity index (χ3v) is 3.26. The van der Waals surface area contributed by atoms with E-state index in [0.29, 0.717) is 0 Å². The van der Waals surface area contributed by atoms with Gasteiger partial charge in [-0.3, -0.25) is 4.90 Å². The summed E-state index contributed by atoms with van der Waals surface area (Å²) in [6, 6.07) is 6.26. The van der Waals surface area contributed by atoms with Crippen LogP contribution in [-0.2, 0) is 0 Å². The van der Waals surface area contributed by atoms with Gasteiger partial charge in [0, 0.05) is 38.3 Å². The van der Waals surface area contributed by atoms with Gasteiger partial charge in [-0.15, -0.1) is 0 Å². The lowest BCUT2D eigenvalue weighted by Gasteiger charge is -2.25. The Labute approximate surface area is 109 Å². The Balaban J connectivity index is 1.97. The number of hydrogen-bond acceptors (Lipinski definition) is 3. The van der Waals surface area contributed by atoms with Gasteiger partial charge in [0.05, 0.1) is 7.11 Å². The first kappa shape index (κ1) is 13.1. The maximum Gasteiger partial charge on any atom is 0.126 e. The lowest BCUT2D eigenvalue weighted by Crippen LogP contribution is -2.43. The van der Waals surface area contributed by atoms with E-state index in [9.17, 15) is 0 Å². The summed E-state index contributed by atoms with van der Waals surface area (Å²) in [5, 5.41) is 3.36. The van der Waals surface area contributed by atoms with Crippen molar-refractivity contribution >= 4 is 6.08 Å². The van der Waals surface area contributed by atoms with Crippen LogP contribution in [0.25, 0.3) is 6.08 Å². The predicted octanol–water partition coefficient (Wildman–Crippen LogP) is 1.92. The van der Waals surface area contributed by atoms with Crippen molar-refractivity contribution in [3.05, 3.63) is 35.4 Å². The second-order valence-electron chi connectivity index (χ2n) is 4.70. The summed E-state index contributed by atoms with van der Waals surface area (Å²) >= 11 is 0. The van der Waals surface area contributed by atoms with E-state index in [2.05, 4.69) is 41.4 Å². The van der Waals surface area contributed by atoms with Gasteiger partial charge in [0.15, 0.2) is 0 Å². The third kappa shape index (κ3) is 3.59. The van der Waals surface area contributed by atoms with Crippen molar-refractivity contribution in [3.63, 3.8) is 0 Å². The Morgan fingerprint density at radius 1 is 1.33 bits per heavy atom. The highest BCUT2D eigenvalue weighted by Crippen LogP contribution is 2.20. The quantitative estimate of drug-likeness (QED) is 0.878. The number of piperazine rings is 1. The van der Waals surface area contributed by atoms with Crippen LogP contribution in [0.15, 0.2) is 24.3 Å². The molecule has 1 aromatic carbocycles. The van der Waals surface area contributed by atoms with Gasteiger partial charge in [-0.2, -0.15) is 0 Å². The van der Waals surface area contributed by atoms with Crippen molar-refractivity contribution in [2.45, 2.75) is 6.92 Å². The topological polar surface area (TPSA) is 24.5 Å². The molecule has 0 bridgehead atoms. The minimum Gasteiger partial charge on any atom is -0.496 e. The van der Waals surface area contributed by atoms with Crippen molar-refractivity contribution in [1.29, 1.82) is 0 Å². The molecule has 0 spiro atoms. The molecule has 1 saturated heterocycles. The van der Waals surface area contributed by atoms with Crippen LogP contribution in [0, 0.1) is 6.92 Å². The minimum atomic E-state index is 0.942. The van der Waals surface area contributed by atoms with E-state index < -0.39 is 0 Å². The largest absolute Gasteiger partial charge is 0.496 e. The molecular formula is C15H22N2O. The lowest BCUT2D eigenvalue weighted by molar-refractivity contribution is 0.265. The number of nitrogens with zero attached hydrogens (tertiary/aromatic N) is 1. The molecule has 0 unspecified atom stereocenters. The molecule has 0 radical (unpaired) electrons. The zero-order valence-corrected chi connectivity index (χ0v) is 11.3. The molecule has 0 saturated carbocycles. The fourth-order valence-corrected chi connectivity index (χ4v) is 2.21. The van der Waals surface area contributed by atoms with Crippen molar-refractivity contribution in [2.75, 3.05) is 39.8 Å². The predicted molar refractivity (Wildman–Crippen MR) is 76.1 cm³/mol. The van der Waals surface area contributed by atoms with Crippen LogP contribution in [0.4, 0.5) is 0 Å². The van der Waals surface area contributed by atoms with E-state index in [1.807, 2.05) is 6.07 Å². The van der Waals surface area contributed by atoms with Crippen molar-refractivity contribution in [2.24, 2.45) is 0 Å².